The molecule has 0 unspecified atom stereocenters. The predicted octanol–water partition coefficient (Wildman–Crippen LogP) is 4.17. The summed E-state index contributed by atoms with van der Waals surface area (Å²) in [6.45, 7) is 10.9. The number of rotatable bonds is 4. The molecule has 39 heavy (non-hydrogen) atoms. The van der Waals surface area contributed by atoms with Crippen molar-refractivity contribution in [1.82, 2.24) is 9.80 Å². The number of carbonyl (C=O) groups is 3. The van der Waals surface area contributed by atoms with E-state index in [1.54, 1.807) is 0 Å². The van der Waals surface area contributed by atoms with Gasteiger partial charge in [0.1, 0.15) is 0 Å². The van der Waals surface area contributed by atoms with Crippen LogP contribution < -0.4 is 4.90 Å². The second kappa shape index (κ2) is 12.8. The fourth-order valence-electron chi connectivity index (χ4n) is 5.51. The van der Waals surface area contributed by atoms with Crippen LogP contribution in [0.4, 0.5) is 5.69 Å². The Kier molecular flexibility index (Phi) is 9.19. The number of aryl methyl sites for hydroxylation is 1. The lowest BCUT2D eigenvalue weighted by Gasteiger charge is -2.40. The highest BCUT2D eigenvalue weighted by molar-refractivity contribution is 6.27. The van der Waals surface area contributed by atoms with E-state index < -0.39 is 11.9 Å². The largest absolute Gasteiger partial charge is 0.473 e. The van der Waals surface area contributed by atoms with E-state index in [0.29, 0.717) is 5.91 Å². The molecule has 0 aromatic heterocycles. The summed E-state index contributed by atoms with van der Waals surface area (Å²) in [4.78, 5) is 38.5. The number of benzene rings is 3. The average molecular weight is 532 g/mol. The molecule has 2 heterocycles. The number of carboxylic acids is 2. The zero-order valence-electron chi connectivity index (χ0n) is 22.7. The highest BCUT2D eigenvalue weighted by Gasteiger charge is 2.30. The van der Waals surface area contributed by atoms with Crippen molar-refractivity contribution < 1.29 is 24.6 Å². The van der Waals surface area contributed by atoms with Gasteiger partial charge < -0.3 is 20.0 Å². The Morgan fingerprint density at radius 3 is 2.05 bits per heavy atom. The minimum atomic E-state index is -1.82. The van der Waals surface area contributed by atoms with Gasteiger partial charge in [-0.15, -0.1) is 0 Å². The fourth-order valence-corrected chi connectivity index (χ4v) is 5.51. The zero-order valence-corrected chi connectivity index (χ0v) is 22.7. The lowest BCUT2D eigenvalue weighted by atomic mass is 9.94. The Bertz CT molecular complexity index is 1310. The van der Waals surface area contributed by atoms with E-state index >= 15 is 0 Å². The first-order valence-electron chi connectivity index (χ1n) is 13.5. The third-order valence-electron chi connectivity index (χ3n) is 7.90. The van der Waals surface area contributed by atoms with Gasteiger partial charge >= 0.3 is 11.9 Å². The highest BCUT2D eigenvalue weighted by Crippen LogP contribution is 2.27. The van der Waals surface area contributed by atoms with Crippen LogP contribution >= 0.6 is 0 Å². The maximum Gasteiger partial charge on any atom is 0.414 e. The van der Waals surface area contributed by atoms with Crippen molar-refractivity contribution >= 4 is 34.3 Å². The molecule has 0 saturated carbocycles. The number of likely N-dealkylation sites (tertiary alicyclic amines) is 1. The van der Waals surface area contributed by atoms with Gasteiger partial charge in [0, 0.05) is 44.3 Å². The van der Waals surface area contributed by atoms with Crippen LogP contribution in [-0.4, -0.2) is 77.1 Å². The van der Waals surface area contributed by atoms with E-state index in [1.165, 1.54) is 33.2 Å². The van der Waals surface area contributed by atoms with Gasteiger partial charge in [0.05, 0.1) is 0 Å². The minimum Gasteiger partial charge on any atom is -0.473 e. The molecule has 0 radical (unpaired) electrons. The first-order valence-corrected chi connectivity index (χ1v) is 13.5. The Balaban J connectivity index is 0.000000531. The molecule has 2 N–H and O–H groups in total. The van der Waals surface area contributed by atoms with Crippen LogP contribution in [0, 0.1) is 19.8 Å². The molecule has 3 aromatic carbocycles. The van der Waals surface area contributed by atoms with Crippen LogP contribution in [0.5, 0.6) is 0 Å². The molecule has 2 fully saturated rings. The van der Waals surface area contributed by atoms with E-state index in [4.69, 9.17) is 19.8 Å². The minimum absolute atomic E-state index is 0.182. The van der Waals surface area contributed by atoms with E-state index in [2.05, 4.69) is 89.2 Å². The molecular formula is C31H37N3O5. The molecular weight excluding hydrogens is 494 g/mol. The van der Waals surface area contributed by atoms with Gasteiger partial charge in [-0.25, -0.2) is 9.59 Å². The quantitative estimate of drug-likeness (QED) is 0.487. The molecule has 0 spiro atoms. The summed E-state index contributed by atoms with van der Waals surface area (Å²) >= 11 is 0. The second-order valence-corrected chi connectivity index (χ2v) is 10.3. The lowest BCUT2D eigenvalue weighted by molar-refractivity contribution is -0.159. The van der Waals surface area contributed by atoms with Crippen molar-refractivity contribution in [2.45, 2.75) is 33.2 Å². The Morgan fingerprint density at radius 1 is 0.769 bits per heavy atom. The number of fused-ring (bicyclic) bond motifs is 1. The monoisotopic (exact) mass is 531 g/mol. The molecule has 0 aliphatic carbocycles. The fraction of sp³-hybridized carbons (Fsp3) is 0.387. The van der Waals surface area contributed by atoms with Gasteiger partial charge in [-0.1, -0.05) is 54.6 Å². The summed E-state index contributed by atoms with van der Waals surface area (Å²) in [5.74, 6) is -3.09. The van der Waals surface area contributed by atoms with Crippen LogP contribution in [0.1, 0.15) is 29.5 Å². The average Bonchev–Trinajstić information content (AvgIpc) is 2.95. The van der Waals surface area contributed by atoms with Crippen molar-refractivity contribution in [2.24, 2.45) is 5.92 Å². The summed E-state index contributed by atoms with van der Waals surface area (Å²) in [7, 11) is 0. The first-order chi connectivity index (χ1) is 18.7. The molecule has 2 aliphatic rings. The second-order valence-electron chi connectivity index (χ2n) is 10.3. The highest BCUT2D eigenvalue weighted by atomic mass is 16.4. The summed E-state index contributed by atoms with van der Waals surface area (Å²) in [5.41, 5.74) is 5.40. The van der Waals surface area contributed by atoms with Crippen LogP contribution in [-0.2, 0) is 20.9 Å². The number of nitrogens with zero attached hydrogens (tertiary/aromatic N) is 3. The van der Waals surface area contributed by atoms with Crippen molar-refractivity contribution in [3.63, 3.8) is 0 Å². The van der Waals surface area contributed by atoms with Crippen LogP contribution in [0.25, 0.3) is 10.8 Å². The Labute approximate surface area is 229 Å². The third kappa shape index (κ3) is 6.95. The summed E-state index contributed by atoms with van der Waals surface area (Å²) in [6, 6.07) is 21.7. The topological polar surface area (TPSA) is 101 Å². The van der Waals surface area contributed by atoms with Crippen molar-refractivity contribution in [2.75, 3.05) is 44.2 Å². The van der Waals surface area contributed by atoms with E-state index in [-0.39, 0.29) is 5.92 Å². The van der Waals surface area contributed by atoms with Gasteiger partial charge in [-0.05, 0) is 73.3 Å². The van der Waals surface area contributed by atoms with Crippen molar-refractivity contribution in [3.05, 3.63) is 77.4 Å². The molecule has 8 heteroatoms. The number of aliphatic carboxylic acids is 2. The van der Waals surface area contributed by atoms with Crippen LogP contribution in [0.2, 0.25) is 0 Å². The van der Waals surface area contributed by atoms with Gasteiger partial charge in [0.15, 0.2) is 0 Å². The number of piperidine rings is 1. The molecule has 8 nitrogen and oxygen atoms in total. The third-order valence-corrected chi connectivity index (χ3v) is 7.90. The number of hydrogen-bond donors (Lipinski definition) is 2. The normalized spacial score (nSPS) is 16.5. The number of anilines is 1. The van der Waals surface area contributed by atoms with Crippen molar-refractivity contribution in [1.29, 1.82) is 0 Å². The zero-order chi connectivity index (χ0) is 27.9. The standard InChI is InChI=1S/C29H35N3O.C2H2O4/c1-22-7-5-12-28(23(22)2)31-17-19-32(20-18-31)29(33)25-13-15-30(16-14-25)21-26-10-6-9-24-8-3-4-11-27(24)26;3-1(4)2(5)6/h3-12,25H,13-21H2,1-2H3;(H,3,4)(H,5,6). The molecule has 1 amide bonds. The summed E-state index contributed by atoms with van der Waals surface area (Å²) in [6.07, 6.45) is 1.95. The first kappa shape index (κ1) is 28.1. The maximum absolute atomic E-state index is 13.2. The predicted molar refractivity (Wildman–Crippen MR) is 152 cm³/mol. The van der Waals surface area contributed by atoms with E-state index in [0.717, 1.165) is 58.7 Å². The lowest BCUT2D eigenvalue weighted by Crippen LogP contribution is -2.51. The van der Waals surface area contributed by atoms with Crippen LogP contribution in [0.15, 0.2) is 60.7 Å². The van der Waals surface area contributed by atoms with Gasteiger partial charge in [0.2, 0.25) is 5.91 Å². The molecule has 206 valence electrons. The smallest absolute Gasteiger partial charge is 0.414 e. The van der Waals surface area contributed by atoms with E-state index in [9.17, 15) is 4.79 Å². The number of carboxylic acid groups (broad SMARTS) is 2. The van der Waals surface area contributed by atoms with Gasteiger partial charge in [-0.2, -0.15) is 0 Å². The van der Waals surface area contributed by atoms with Crippen LogP contribution in [0.3, 0.4) is 0 Å². The molecule has 3 aromatic rings. The molecule has 2 saturated heterocycles. The van der Waals surface area contributed by atoms with Crippen molar-refractivity contribution in [3.8, 4) is 0 Å². The summed E-state index contributed by atoms with van der Waals surface area (Å²) in [5, 5.41) is 17.4. The Morgan fingerprint density at radius 2 is 1.38 bits per heavy atom. The molecule has 0 atom stereocenters. The van der Waals surface area contributed by atoms with Gasteiger partial charge in [0.25, 0.3) is 0 Å². The van der Waals surface area contributed by atoms with E-state index in [1.807, 2.05) is 0 Å². The number of hydrogen-bond acceptors (Lipinski definition) is 5. The number of amides is 1. The molecule has 2 aliphatic heterocycles. The van der Waals surface area contributed by atoms with Gasteiger partial charge in [-0.3, -0.25) is 9.69 Å². The Hall–Kier alpha value is -3.91. The number of carbonyl (C=O) groups excluding carboxylic acids is 1. The SMILES string of the molecule is Cc1cccc(N2CCN(C(=O)C3CCN(Cc4cccc5ccccc45)CC3)CC2)c1C.O=C(O)C(=O)O. The maximum atomic E-state index is 13.2. The summed E-state index contributed by atoms with van der Waals surface area (Å²) < 4.78 is 0. The molecule has 0 bridgehead atoms. The molecule has 5 rings (SSSR count). The number of piperazine rings is 1.